The molecule has 0 rings (SSSR count). The zero-order chi connectivity index (χ0) is 63.9. The summed E-state index contributed by atoms with van der Waals surface area (Å²) < 4.78 is 68.1. The summed E-state index contributed by atoms with van der Waals surface area (Å²) >= 11 is 0. The van der Waals surface area contributed by atoms with Crippen LogP contribution in [-0.4, -0.2) is 96.7 Å². The van der Waals surface area contributed by atoms with E-state index in [-0.39, 0.29) is 25.7 Å². The first-order valence-corrected chi connectivity index (χ1v) is 37.7. The Labute approximate surface area is 524 Å². The van der Waals surface area contributed by atoms with Crippen LogP contribution < -0.4 is 0 Å². The lowest BCUT2D eigenvalue weighted by atomic mass is 10.0. The zero-order valence-electron chi connectivity index (χ0n) is 55.9. The van der Waals surface area contributed by atoms with Gasteiger partial charge in [0.15, 0.2) is 12.2 Å². The van der Waals surface area contributed by atoms with Crippen LogP contribution in [0.1, 0.15) is 325 Å². The molecule has 86 heavy (non-hydrogen) atoms. The minimum Gasteiger partial charge on any atom is -0.462 e. The quantitative estimate of drug-likeness (QED) is 0.0222. The first-order chi connectivity index (χ1) is 41.1. The van der Waals surface area contributed by atoms with Crippen molar-refractivity contribution < 1.29 is 80.2 Å². The fourth-order valence-electron chi connectivity index (χ4n) is 9.96. The van der Waals surface area contributed by atoms with Crippen molar-refractivity contribution in [3.8, 4) is 0 Å². The number of rotatable bonds is 64. The Bertz CT molecular complexity index is 1710. The average molecular weight is 1270 g/mol. The summed E-state index contributed by atoms with van der Waals surface area (Å²) in [5.41, 5.74) is 0. The molecular weight excluding hydrogens is 1140 g/mol. The van der Waals surface area contributed by atoms with Gasteiger partial charge in [0.1, 0.15) is 19.3 Å². The van der Waals surface area contributed by atoms with Crippen molar-refractivity contribution in [2.75, 3.05) is 39.6 Å². The van der Waals surface area contributed by atoms with E-state index in [1.165, 1.54) is 128 Å². The molecule has 0 saturated carbocycles. The molecule has 0 bridgehead atoms. The molecule has 0 aromatic carbocycles. The lowest BCUT2D eigenvalue weighted by Gasteiger charge is -2.21. The van der Waals surface area contributed by atoms with Crippen molar-refractivity contribution in [3.63, 3.8) is 0 Å². The molecule has 0 heterocycles. The molecule has 3 unspecified atom stereocenters. The lowest BCUT2D eigenvalue weighted by molar-refractivity contribution is -0.161. The number of phosphoric acid groups is 2. The Balaban J connectivity index is 5.26. The number of hydrogen-bond acceptors (Lipinski definition) is 15. The van der Waals surface area contributed by atoms with Crippen LogP contribution in [-0.2, 0) is 65.4 Å². The Hall–Kier alpha value is -1.94. The summed E-state index contributed by atoms with van der Waals surface area (Å²) in [6, 6.07) is 0. The van der Waals surface area contributed by atoms with Crippen LogP contribution in [0, 0.1) is 23.7 Å². The van der Waals surface area contributed by atoms with Crippen molar-refractivity contribution >= 4 is 39.5 Å². The maximum atomic E-state index is 13.0. The van der Waals surface area contributed by atoms with E-state index in [0.29, 0.717) is 25.7 Å². The monoisotopic (exact) mass is 1270 g/mol. The van der Waals surface area contributed by atoms with Crippen LogP contribution in [0.15, 0.2) is 0 Å². The minimum absolute atomic E-state index is 0.103. The number of unbranched alkanes of at least 4 members (excludes halogenated alkanes) is 30. The first-order valence-electron chi connectivity index (χ1n) is 34.7. The van der Waals surface area contributed by atoms with Crippen molar-refractivity contribution in [3.05, 3.63) is 0 Å². The standard InChI is InChI=1S/C67H130O17P2/c1-57(2)43-35-27-19-11-9-13-23-31-39-47-64(69)77-53-63(84-67(72)50-42-34-26-18-16-22-30-38-46-60(7)8)56-82-86(75,76)80-52-61(68)51-79-85(73,74)81-55-62(54-78-65(70)48-40-32-24-17-15-21-29-37-45-59(5)6)83-66(71)49-41-33-25-14-10-12-20-28-36-44-58(3)4/h57-63,68H,9-56H2,1-8H3,(H,73,74)(H,75,76)/t61?,62-,63-/m1/s1. The fourth-order valence-corrected chi connectivity index (χ4v) is 11.5. The molecular formula is C67H130O17P2. The summed E-state index contributed by atoms with van der Waals surface area (Å²) in [5, 5.41) is 10.6. The average Bonchev–Trinajstić information content (AvgIpc) is 3.65. The fraction of sp³-hybridized carbons (Fsp3) is 0.940. The van der Waals surface area contributed by atoms with E-state index in [9.17, 15) is 43.2 Å². The highest BCUT2D eigenvalue weighted by Gasteiger charge is 2.30. The Kier molecular flexibility index (Phi) is 55.7. The van der Waals surface area contributed by atoms with E-state index < -0.39 is 97.5 Å². The largest absolute Gasteiger partial charge is 0.472 e. The molecule has 0 amide bonds. The van der Waals surface area contributed by atoms with Gasteiger partial charge in [-0.15, -0.1) is 0 Å². The third-order valence-electron chi connectivity index (χ3n) is 15.3. The van der Waals surface area contributed by atoms with Crippen LogP contribution >= 0.6 is 15.6 Å². The predicted molar refractivity (Wildman–Crippen MR) is 344 cm³/mol. The van der Waals surface area contributed by atoms with E-state index in [1.54, 1.807) is 0 Å². The van der Waals surface area contributed by atoms with Crippen LogP contribution in [0.2, 0.25) is 0 Å². The molecule has 0 aliphatic carbocycles. The highest BCUT2D eigenvalue weighted by atomic mass is 31.2. The van der Waals surface area contributed by atoms with Crippen LogP contribution in [0.25, 0.3) is 0 Å². The second-order valence-corrected chi connectivity index (χ2v) is 29.0. The van der Waals surface area contributed by atoms with Gasteiger partial charge in [0.05, 0.1) is 26.4 Å². The van der Waals surface area contributed by atoms with Gasteiger partial charge in [0.25, 0.3) is 0 Å². The van der Waals surface area contributed by atoms with Crippen molar-refractivity contribution in [2.24, 2.45) is 23.7 Å². The lowest BCUT2D eigenvalue weighted by Crippen LogP contribution is -2.30. The molecule has 0 aromatic rings. The molecule has 5 atom stereocenters. The van der Waals surface area contributed by atoms with E-state index in [1.807, 2.05) is 0 Å². The van der Waals surface area contributed by atoms with E-state index in [0.717, 1.165) is 114 Å². The molecule has 19 heteroatoms. The van der Waals surface area contributed by atoms with Crippen molar-refractivity contribution in [2.45, 2.75) is 343 Å². The number of hydrogen-bond donors (Lipinski definition) is 3. The summed E-state index contributed by atoms with van der Waals surface area (Å²) in [7, 11) is -9.90. The van der Waals surface area contributed by atoms with Gasteiger partial charge in [-0.05, 0) is 49.4 Å². The number of esters is 4. The van der Waals surface area contributed by atoms with Crippen molar-refractivity contribution in [1.82, 2.24) is 0 Å². The maximum absolute atomic E-state index is 13.0. The molecule has 0 aromatic heterocycles. The molecule has 0 aliphatic rings. The Morgan fingerprint density at radius 2 is 0.488 bits per heavy atom. The topological polar surface area (TPSA) is 237 Å². The maximum Gasteiger partial charge on any atom is 0.472 e. The summed E-state index contributed by atoms with van der Waals surface area (Å²) in [5.74, 6) is 0.789. The Morgan fingerprint density at radius 3 is 0.721 bits per heavy atom. The van der Waals surface area contributed by atoms with E-state index >= 15 is 0 Å². The van der Waals surface area contributed by atoms with Crippen LogP contribution in [0.3, 0.4) is 0 Å². The molecule has 17 nitrogen and oxygen atoms in total. The second kappa shape index (κ2) is 57.0. The number of phosphoric ester groups is 2. The molecule has 510 valence electrons. The number of aliphatic hydroxyl groups is 1. The second-order valence-electron chi connectivity index (χ2n) is 26.1. The molecule has 0 fully saturated rings. The van der Waals surface area contributed by atoms with Gasteiger partial charge < -0.3 is 33.8 Å². The third kappa shape index (κ3) is 60.9. The third-order valence-corrected chi connectivity index (χ3v) is 17.2. The van der Waals surface area contributed by atoms with Gasteiger partial charge in [-0.2, -0.15) is 0 Å². The van der Waals surface area contributed by atoms with E-state index in [2.05, 4.69) is 55.4 Å². The highest BCUT2D eigenvalue weighted by Crippen LogP contribution is 2.45. The smallest absolute Gasteiger partial charge is 0.462 e. The van der Waals surface area contributed by atoms with Gasteiger partial charge in [-0.3, -0.25) is 37.3 Å². The summed E-state index contributed by atoms with van der Waals surface area (Å²) in [6.45, 7) is 14.0. The number of carbonyl (C=O) groups is 4. The minimum atomic E-state index is -4.95. The first kappa shape index (κ1) is 84.1. The van der Waals surface area contributed by atoms with Crippen LogP contribution in [0.4, 0.5) is 0 Å². The number of aliphatic hydroxyl groups excluding tert-OH is 1. The Morgan fingerprint density at radius 1 is 0.291 bits per heavy atom. The highest BCUT2D eigenvalue weighted by molar-refractivity contribution is 7.47. The van der Waals surface area contributed by atoms with Gasteiger partial charge in [-0.25, -0.2) is 9.13 Å². The SMILES string of the molecule is CC(C)CCCCCCCCCCCC(=O)OC[C@H](COP(=O)(O)OCC(O)COP(=O)(O)OC[C@@H](COC(=O)CCCCCCCCCCC(C)C)OC(=O)CCCCCCCCCCCC(C)C)OC(=O)CCCCCCCCCCC(C)C. The normalized spacial score (nSPS) is 14.4. The van der Waals surface area contributed by atoms with Gasteiger partial charge in [0.2, 0.25) is 0 Å². The zero-order valence-corrected chi connectivity index (χ0v) is 57.7. The molecule has 0 saturated heterocycles. The summed E-state index contributed by atoms with van der Waals surface area (Å²) in [6.07, 6.45) is 37.6. The number of carbonyl (C=O) groups excluding carboxylic acids is 4. The molecule has 0 radical (unpaired) electrons. The molecule has 0 spiro atoms. The summed E-state index contributed by atoms with van der Waals surface area (Å²) in [4.78, 5) is 72.4. The van der Waals surface area contributed by atoms with Gasteiger partial charge >= 0.3 is 39.5 Å². The van der Waals surface area contributed by atoms with Gasteiger partial charge in [0, 0.05) is 25.7 Å². The van der Waals surface area contributed by atoms with Crippen LogP contribution in [0.5, 0.6) is 0 Å². The molecule has 3 N–H and O–H groups in total. The number of ether oxygens (including phenoxy) is 4. The van der Waals surface area contributed by atoms with E-state index in [4.69, 9.17) is 37.0 Å². The van der Waals surface area contributed by atoms with Gasteiger partial charge in [-0.1, -0.05) is 274 Å². The van der Waals surface area contributed by atoms with Crippen molar-refractivity contribution in [1.29, 1.82) is 0 Å². The predicted octanol–water partition coefficient (Wildman–Crippen LogP) is 18.5. The molecule has 0 aliphatic heterocycles.